The lowest BCUT2D eigenvalue weighted by Gasteiger charge is -2.28. The van der Waals surface area contributed by atoms with Crippen molar-refractivity contribution in [2.75, 3.05) is 0 Å². The van der Waals surface area contributed by atoms with Crippen LogP contribution in [0.15, 0.2) is 48.5 Å². The van der Waals surface area contributed by atoms with Crippen LogP contribution in [0.25, 0.3) is 0 Å². The fourth-order valence-corrected chi connectivity index (χ4v) is 2.37. The summed E-state index contributed by atoms with van der Waals surface area (Å²) in [6.07, 6.45) is -0.857. The largest absolute Gasteiger partial charge is 0.388 e. The highest BCUT2D eigenvalue weighted by Crippen LogP contribution is 2.33. The molecule has 0 saturated heterocycles. The standard InChI is InChI=1S/C16H17FN2O3/c1-16(18,10-15(20)11-5-3-2-4-6-11)13-9-12(19(21)22)7-8-14(13)17/h2-9,15,20H,10,18H2,1H3/t15-,16-/m0/s1. The zero-order valence-electron chi connectivity index (χ0n) is 12.1. The van der Waals surface area contributed by atoms with E-state index in [1.807, 2.05) is 6.07 Å². The Balaban J connectivity index is 2.30. The first-order valence-electron chi connectivity index (χ1n) is 6.77. The van der Waals surface area contributed by atoms with Crippen molar-refractivity contribution in [1.82, 2.24) is 0 Å². The Bertz CT molecular complexity index is 674. The molecule has 0 aliphatic carbocycles. The average Bonchev–Trinajstić information content (AvgIpc) is 2.47. The van der Waals surface area contributed by atoms with Crippen LogP contribution in [0.3, 0.4) is 0 Å². The van der Waals surface area contributed by atoms with Gasteiger partial charge in [0, 0.05) is 23.2 Å². The van der Waals surface area contributed by atoms with Crippen LogP contribution in [0.2, 0.25) is 0 Å². The summed E-state index contributed by atoms with van der Waals surface area (Å²) < 4.78 is 14.0. The van der Waals surface area contributed by atoms with Crippen LogP contribution in [0.4, 0.5) is 10.1 Å². The maximum atomic E-state index is 14.0. The number of hydrogen-bond acceptors (Lipinski definition) is 4. The number of nitrogens with two attached hydrogens (primary N) is 1. The molecular weight excluding hydrogens is 287 g/mol. The Morgan fingerprint density at radius 1 is 1.32 bits per heavy atom. The van der Waals surface area contributed by atoms with Gasteiger partial charge in [-0.1, -0.05) is 30.3 Å². The van der Waals surface area contributed by atoms with E-state index in [0.29, 0.717) is 5.56 Å². The van der Waals surface area contributed by atoms with Crippen LogP contribution in [0.1, 0.15) is 30.6 Å². The van der Waals surface area contributed by atoms with Gasteiger partial charge in [-0.2, -0.15) is 0 Å². The molecule has 6 heteroatoms. The second-order valence-corrected chi connectivity index (χ2v) is 5.47. The lowest BCUT2D eigenvalue weighted by atomic mass is 9.85. The van der Waals surface area contributed by atoms with Gasteiger partial charge in [0.05, 0.1) is 11.0 Å². The zero-order valence-corrected chi connectivity index (χ0v) is 12.1. The first-order valence-corrected chi connectivity index (χ1v) is 6.77. The topological polar surface area (TPSA) is 89.4 Å². The number of aliphatic hydroxyl groups excluding tert-OH is 1. The Morgan fingerprint density at radius 2 is 1.95 bits per heavy atom. The monoisotopic (exact) mass is 304 g/mol. The first kappa shape index (κ1) is 16.1. The van der Waals surface area contributed by atoms with Crippen molar-refractivity contribution in [3.8, 4) is 0 Å². The van der Waals surface area contributed by atoms with E-state index >= 15 is 0 Å². The van der Waals surface area contributed by atoms with Crippen LogP contribution < -0.4 is 5.73 Å². The van der Waals surface area contributed by atoms with Crippen molar-refractivity contribution < 1.29 is 14.4 Å². The van der Waals surface area contributed by atoms with E-state index in [2.05, 4.69) is 0 Å². The van der Waals surface area contributed by atoms with Crippen molar-refractivity contribution in [2.45, 2.75) is 25.0 Å². The van der Waals surface area contributed by atoms with Crippen molar-refractivity contribution in [3.63, 3.8) is 0 Å². The lowest BCUT2D eigenvalue weighted by Crippen LogP contribution is -2.36. The third-order valence-electron chi connectivity index (χ3n) is 3.58. The van der Waals surface area contributed by atoms with Crippen molar-refractivity contribution in [3.05, 3.63) is 75.6 Å². The molecule has 0 aromatic heterocycles. The molecule has 2 aromatic carbocycles. The number of hydrogen-bond donors (Lipinski definition) is 2. The molecule has 0 bridgehead atoms. The van der Waals surface area contributed by atoms with Crippen LogP contribution >= 0.6 is 0 Å². The molecule has 0 aliphatic rings. The molecule has 0 heterocycles. The molecule has 116 valence electrons. The van der Waals surface area contributed by atoms with Crippen LogP contribution in [-0.4, -0.2) is 10.0 Å². The normalized spacial score (nSPS) is 15.1. The van der Waals surface area contributed by atoms with Crippen molar-refractivity contribution >= 4 is 5.69 Å². The molecule has 0 amide bonds. The second-order valence-electron chi connectivity index (χ2n) is 5.47. The average molecular weight is 304 g/mol. The highest BCUT2D eigenvalue weighted by atomic mass is 19.1. The third kappa shape index (κ3) is 3.47. The van der Waals surface area contributed by atoms with E-state index in [1.165, 1.54) is 0 Å². The maximum Gasteiger partial charge on any atom is 0.269 e. The number of nitro groups is 1. The van der Waals surface area contributed by atoms with Gasteiger partial charge in [-0.3, -0.25) is 10.1 Å². The summed E-state index contributed by atoms with van der Waals surface area (Å²) in [4.78, 5) is 10.2. The minimum atomic E-state index is -1.24. The molecule has 0 fully saturated rings. The molecule has 22 heavy (non-hydrogen) atoms. The van der Waals surface area contributed by atoms with Gasteiger partial charge in [-0.25, -0.2) is 4.39 Å². The fourth-order valence-electron chi connectivity index (χ4n) is 2.37. The van der Waals surface area contributed by atoms with E-state index in [4.69, 9.17) is 5.73 Å². The molecule has 0 spiro atoms. The summed E-state index contributed by atoms with van der Waals surface area (Å²) in [5, 5.41) is 21.1. The molecule has 2 aromatic rings. The van der Waals surface area contributed by atoms with Gasteiger partial charge in [-0.05, 0) is 25.0 Å². The van der Waals surface area contributed by atoms with Crippen LogP contribution in [0.5, 0.6) is 0 Å². The number of halogens is 1. The van der Waals surface area contributed by atoms with Gasteiger partial charge in [0.2, 0.25) is 0 Å². The van der Waals surface area contributed by atoms with Gasteiger partial charge < -0.3 is 10.8 Å². The molecule has 2 atom stereocenters. The summed E-state index contributed by atoms with van der Waals surface area (Å²) in [7, 11) is 0. The summed E-state index contributed by atoms with van der Waals surface area (Å²) in [6.45, 7) is 1.54. The van der Waals surface area contributed by atoms with E-state index in [1.54, 1.807) is 31.2 Å². The summed E-state index contributed by atoms with van der Waals surface area (Å²) >= 11 is 0. The minimum Gasteiger partial charge on any atom is -0.388 e. The van der Waals surface area contributed by atoms with E-state index < -0.39 is 22.4 Å². The summed E-state index contributed by atoms with van der Waals surface area (Å²) in [5.41, 5.74) is 5.31. The van der Waals surface area contributed by atoms with Crippen LogP contribution in [0, 0.1) is 15.9 Å². The van der Waals surface area contributed by atoms with Gasteiger partial charge in [0.1, 0.15) is 5.82 Å². The zero-order chi connectivity index (χ0) is 16.3. The highest BCUT2D eigenvalue weighted by Gasteiger charge is 2.30. The maximum absolute atomic E-state index is 14.0. The van der Waals surface area contributed by atoms with E-state index in [9.17, 15) is 19.6 Å². The Labute approximate surface area is 127 Å². The number of benzene rings is 2. The number of aliphatic hydroxyl groups is 1. The quantitative estimate of drug-likeness (QED) is 0.656. The lowest BCUT2D eigenvalue weighted by molar-refractivity contribution is -0.385. The highest BCUT2D eigenvalue weighted by molar-refractivity contribution is 5.39. The predicted octanol–water partition coefficient (Wildman–Crippen LogP) is 3.03. The first-order chi connectivity index (χ1) is 10.3. The van der Waals surface area contributed by atoms with Gasteiger partial charge in [-0.15, -0.1) is 0 Å². The number of non-ortho nitro benzene ring substituents is 1. The van der Waals surface area contributed by atoms with Gasteiger partial charge in [0.15, 0.2) is 0 Å². The smallest absolute Gasteiger partial charge is 0.269 e. The van der Waals surface area contributed by atoms with Gasteiger partial charge >= 0.3 is 0 Å². The molecule has 0 unspecified atom stereocenters. The van der Waals surface area contributed by atoms with E-state index in [0.717, 1.165) is 18.2 Å². The predicted molar refractivity (Wildman–Crippen MR) is 80.6 cm³/mol. The van der Waals surface area contributed by atoms with Crippen molar-refractivity contribution in [1.29, 1.82) is 0 Å². The second kappa shape index (κ2) is 6.21. The molecule has 0 saturated carbocycles. The molecule has 3 N–H and O–H groups in total. The Kier molecular flexibility index (Phi) is 4.54. The fraction of sp³-hybridized carbons (Fsp3) is 0.250. The van der Waals surface area contributed by atoms with Gasteiger partial charge in [0.25, 0.3) is 5.69 Å². The van der Waals surface area contributed by atoms with E-state index in [-0.39, 0.29) is 17.7 Å². The number of rotatable bonds is 5. The molecular formula is C16H17FN2O3. The Hall–Kier alpha value is -2.31. The van der Waals surface area contributed by atoms with Crippen molar-refractivity contribution in [2.24, 2.45) is 5.73 Å². The number of nitro benzene ring substituents is 1. The minimum absolute atomic E-state index is 0.0108. The number of nitrogens with zero attached hydrogens (tertiary/aromatic N) is 1. The molecule has 0 aliphatic heterocycles. The summed E-state index contributed by atoms with van der Waals surface area (Å²) in [6, 6.07) is 12.1. The van der Waals surface area contributed by atoms with Crippen LogP contribution in [-0.2, 0) is 5.54 Å². The SMILES string of the molecule is C[C@](N)(C[C@H](O)c1ccccc1)c1cc([N+](=O)[O-])ccc1F. The molecule has 2 rings (SSSR count). The third-order valence-corrected chi connectivity index (χ3v) is 3.58. The summed E-state index contributed by atoms with van der Waals surface area (Å²) in [5.74, 6) is -0.629. The molecule has 0 radical (unpaired) electrons. The Morgan fingerprint density at radius 3 is 2.55 bits per heavy atom. The molecule has 5 nitrogen and oxygen atoms in total.